The Labute approximate surface area is 121 Å². The first-order valence-electron chi connectivity index (χ1n) is 6.01. The Morgan fingerprint density at radius 3 is 2.83 bits per heavy atom. The molecule has 1 saturated heterocycles. The van der Waals surface area contributed by atoms with Gasteiger partial charge in [-0.2, -0.15) is 0 Å². The Kier molecular flexibility index (Phi) is 4.30. The summed E-state index contributed by atoms with van der Waals surface area (Å²) in [7, 11) is 0. The van der Waals surface area contributed by atoms with E-state index in [1.165, 1.54) is 0 Å². The molecule has 1 unspecified atom stereocenters. The fourth-order valence-electron chi connectivity index (χ4n) is 2.15. The molecular weight excluding hydrogens is 316 g/mol. The third-order valence-electron chi connectivity index (χ3n) is 2.95. The van der Waals surface area contributed by atoms with Crippen molar-refractivity contribution in [1.82, 2.24) is 5.32 Å². The van der Waals surface area contributed by atoms with Gasteiger partial charge in [0.05, 0.1) is 11.1 Å². The molecule has 1 fully saturated rings. The van der Waals surface area contributed by atoms with Gasteiger partial charge in [0.25, 0.3) is 0 Å². The predicted octanol–water partition coefficient (Wildman–Crippen LogP) is 3.21. The standard InChI is InChI=1S/C13H16BrClN2O/c1-8(2)16-12-5-6-17(13(12)18)9-3-4-11(15)10(14)7-9/h3-4,7-8,12,16H,5-6H2,1-2H3. The third kappa shape index (κ3) is 2.87. The van der Waals surface area contributed by atoms with Gasteiger partial charge in [0, 0.05) is 22.7 Å². The normalized spacial score (nSPS) is 19.9. The number of amides is 1. The fraction of sp³-hybridized carbons (Fsp3) is 0.462. The Balaban J connectivity index is 2.15. The number of hydrogen-bond acceptors (Lipinski definition) is 2. The number of carbonyl (C=O) groups excluding carboxylic acids is 1. The Morgan fingerprint density at radius 2 is 2.22 bits per heavy atom. The Hall–Kier alpha value is -0.580. The number of anilines is 1. The second-order valence-corrected chi connectivity index (χ2v) is 6.01. The molecule has 1 atom stereocenters. The van der Waals surface area contributed by atoms with E-state index in [1.807, 2.05) is 12.1 Å². The largest absolute Gasteiger partial charge is 0.311 e. The van der Waals surface area contributed by atoms with Crippen molar-refractivity contribution < 1.29 is 4.79 Å². The lowest BCUT2D eigenvalue weighted by atomic mass is 10.2. The lowest BCUT2D eigenvalue weighted by Gasteiger charge is -2.19. The van der Waals surface area contributed by atoms with E-state index in [0.717, 1.165) is 23.1 Å². The molecule has 1 aliphatic heterocycles. The zero-order chi connectivity index (χ0) is 13.3. The molecule has 1 amide bonds. The molecule has 0 aromatic heterocycles. The summed E-state index contributed by atoms with van der Waals surface area (Å²) in [6.07, 6.45) is 0.845. The minimum atomic E-state index is -0.0700. The number of rotatable bonds is 3. The number of nitrogens with zero attached hydrogens (tertiary/aromatic N) is 1. The molecular formula is C13H16BrClN2O. The van der Waals surface area contributed by atoms with E-state index in [-0.39, 0.29) is 11.9 Å². The molecule has 0 bridgehead atoms. The Bertz CT molecular complexity index is 464. The number of halogens is 2. The summed E-state index contributed by atoms with van der Waals surface area (Å²) in [5, 5.41) is 3.94. The zero-order valence-electron chi connectivity index (χ0n) is 10.4. The van der Waals surface area contributed by atoms with E-state index in [0.29, 0.717) is 11.1 Å². The first kappa shape index (κ1) is 13.8. The summed E-state index contributed by atoms with van der Waals surface area (Å²) in [6, 6.07) is 5.81. The monoisotopic (exact) mass is 330 g/mol. The molecule has 3 nitrogen and oxygen atoms in total. The van der Waals surface area contributed by atoms with Crippen LogP contribution in [0, 0.1) is 0 Å². The molecule has 1 aromatic carbocycles. The van der Waals surface area contributed by atoms with Gasteiger partial charge < -0.3 is 10.2 Å². The number of carbonyl (C=O) groups is 1. The molecule has 1 N–H and O–H groups in total. The molecule has 0 aliphatic carbocycles. The maximum Gasteiger partial charge on any atom is 0.244 e. The first-order chi connectivity index (χ1) is 8.49. The first-order valence-corrected chi connectivity index (χ1v) is 7.18. The quantitative estimate of drug-likeness (QED) is 0.922. The highest BCUT2D eigenvalue weighted by Gasteiger charge is 2.32. The van der Waals surface area contributed by atoms with Crippen molar-refractivity contribution >= 4 is 39.1 Å². The molecule has 0 spiro atoms. The summed E-state index contributed by atoms with van der Waals surface area (Å²) < 4.78 is 0.815. The van der Waals surface area contributed by atoms with Crippen LogP contribution in [0.5, 0.6) is 0 Å². The van der Waals surface area contributed by atoms with Crippen LogP contribution in [0.2, 0.25) is 5.02 Å². The van der Waals surface area contributed by atoms with Crippen molar-refractivity contribution in [2.75, 3.05) is 11.4 Å². The van der Waals surface area contributed by atoms with Crippen molar-refractivity contribution in [2.24, 2.45) is 0 Å². The van der Waals surface area contributed by atoms with Gasteiger partial charge in [-0.3, -0.25) is 4.79 Å². The van der Waals surface area contributed by atoms with Gasteiger partial charge >= 0.3 is 0 Å². The summed E-state index contributed by atoms with van der Waals surface area (Å²) in [5.74, 6) is 0.137. The molecule has 2 rings (SSSR count). The van der Waals surface area contributed by atoms with Gasteiger partial charge in [0.15, 0.2) is 0 Å². The average Bonchev–Trinajstić information content (AvgIpc) is 2.64. The highest BCUT2D eigenvalue weighted by Crippen LogP contribution is 2.29. The maximum atomic E-state index is 12.3. The number of nitrogens with one attached hydrogen (secondary N) is 1. The van der Waals surface area contributed by atoms with E-state index in [2.05, 4.69) is 35.1 Å². The lowest BCUT2D eigenvalue weighted by molar-refractivity contribution is -0.118. The molecule has 1 aromatic rings. The van der Waals surface area contributed by atoms with Gasteiger partial charge in [-0.25, -0.2) is 0 Å². The molecule has 98 valence electrons. The van der Waals surface area contributed by atoms with Gasteiger partial charge in [0.2, 0.25) is 5.91 Å². The van der Waals surface area contributed by atoms with E-state index in [9.17, 15) is 4.79 Å². The smallest absolute Gasteiger partial charge is 0.244 e. The van der Waals surface area contributed by atoms with Crippen LogP contribution in [-0.4, -0.2) is 24.5 Å². The van der Waals surface area contributed by atoms with Crippen molar-refractivity contribution in [3.8, 4) is 0 Å². The number of hydrogen-bond donors (Lipinski definition) is 1. The van der Waals surface area contributed by atoms with Crippen molar-refractivity contribution in [2.45, 2.75) is 32.4 Å². The molecule has 18 heavy (non-hydrogen) atoms. The Morgan fingerprint density at radius 1 is 1.50 bits per heavy atom. The van der Waals surface area contributed by atoms with E-state index in [4.69, 9.17) is 11.6 Å². The topological polar surface area (TPSA) is 32.3 Å². The van der Waals surface area contributed by atoms with Gasteiger partial charge in [-0.05, 0) is 40.5 Å². The highest BCUT2D eigenvalue weighted by atomic mass is 79.9. The van der Waals surface area contributed by atoms with Crippen LogP contribution in [0.1, 0.15) is 20.3 Å². The highest BCUT2D eigenvalue weighted by molar-refractivity contribution is 9.10. The predicted molar refractivity (Wildman–Crippen MR) is 78.2 cm³/mol. The van der Waals surface area contributed by atoms with Crippen LogP contribution in [0.25, 0.3) is 0 Å². The van der Waals surface area contributed by atoms with Crippen LogP contribution in [0.15, 0.2) is 22.7 Å². The van der Waals surface area contributed by atoms with Crippen molar-refractivity contribution in [3.05, 3.63) is 27.7 Å². The van der Waals surface area contributed by atoms with E-state index in [1.54, 1.807) is 11.0 Å². The maximum absolute atomic E-state index is 12.3. The fourth-order valence-corrected chi connectivity index (χ4v) is 2.63. The second-order valence-electron chi connectivity index (χ2n) is 4.75. The SMILES string of the molecule is CC(C)NC1CCN(c2ccc(Cl)c(Br)c2)C1=O. The minimum absolute atomic E-state index is 0.0700. The molecule has 0 radical (unpaired) electrons. The second kappa shape index (κ2) is 5.59. The summed E-state index contributed by atoms with van der Waals surface area (Å²) in [6.45, 7) is 4.85. The molecule has 1 aliphatic rings. The van der Waals surface area contributed by atoms with Crippen LogP contribution in [0.4, 0.5) is 5.69 Å². The van der Waals surface area contributed by atoms with Crippen LogP contribution < -0.4 is 10.2 Å². The zero-order valence-corrected chi connectivity index (χ0v) is 12.8. The number of benzene rings is 1. The van der Waals surface area contributed by atoms with Crippen LogP contribution >= 0.6 is 27.5 Å². The third-order valence-corrected chi connectivity index (χ3v) is 4.17. The van der Waals surface area contributed by atoms with Crippen molar-refractivity contribution in [1.29, 1.82) is 0 Å². The van der Waals surface area contributed by atoms with Gasteiger partial charge in [-0.1, -0.05) is 25.4 Å². The van der Waals surface area contributed by atoms with Crippen LogP contribution in [-0.2, 0) is 4.79 Å². The van der Waals surface area contributed by atoms with E-state index >= 15 is 0 Å². The summed E-state index contributed by atoms with van der Waals surface area (Å²) >= 11 is 9.34. The van der Waals surface area contributed by atoms with Crippen LogP contribution in [0.3, 0.4) is 0 Å². The van der Waals surface area contributed by atoms with Gasteiger partial charge in [0.1, 0.15) is 0 Å². The van der Waals surface area contributed by atoms with E-state index < -0.39 is 0 Å². The average molecular weight is 332 g/mol. The molecule has 0 saturated carbocycles. The van der Waals surface area contributed by atoms with Crippen molar-refractivity contribution in [3.63, 3.8) is 0 Å². The lowest BCUT2D eigenvalue weighted by Crippen LogP contribution is -2.41. The molecule has 5 heteroatoms. The summed E-state index contributed by atoms with van der Waals surface area (Å²) in [5.41, 5.74) is 0.893. The summed E-state index contributed by atoms with van der Waals surface area (Å²) in [4.78, 5) is 14.1. The molecule has 1 heterocycles. The minimum Gasteiger partial charge on any atom is -0.311 e. The van der Waals surface area contributed by atoms with Gasteiger partial charge in [-0.15, -0.1) is 0 Å².